The molecule has 2 heterocycles. The molecule has 0 fully saturated rings. The van der Waals surface area contributed by atoms with Crippen LogP contribution < -0.4 is 10.1 Å². The first kappa shape index (κ1) is 33.3. The number of nitrogens with zero attached hydrogens (tertiary/aromatic N) is 2. The lowest BCUT2D eigenvalue weighted by molar-refractivity contribution is -0.385. The second-order valence-corrected chi connectivity index (χ2v) is 11.3. The number of unbranched alkanes of at least 4 members (excludes halogenated alkanes) is 3. The lowest BCUT2D eigenvalue weighted by Gasteiger charge is -2.30. The average molecular weight is 637 g/mol. The number of hydrogen-bond donors (Lipinski definition) is 2. The molecule has 1 aromatic heterocycles. The zero-order valence-corrected chi connectivity index (χ0v) is 26.5. The van der Waals surface area contributed by atoms with Crippen LogP contribution in [0.1, 0.15) is 64.9 Å². The van der Waals surface area contributed by atoms with E-state index < -0.39 is 28.9 Å². The fourth-order valence-corrected chi connectivity index (χ4v) is 5.43. The molecule has 1 aliphatic heterocycles. The number of allylic oxidation sites excluding steroid dienone is 2. The molecule has 12 heteroatoms. The van der Waals surface area contributed by atoms with E-state index in [1.54, 1.807) is 45.9 Å². The maximum absolute atomic E-state index is 13.5. The molecule has 2 N–H and O–H groups in total. The van der Waals surface area contributed by atoms with Crippen LogP contribution in [0.25, 0.3) is 11.3 Å². The maximum atomic E-state index is 13.5. The minimum absolute atomic E-state index is 0.131. The van der Waals surface area contributed by atoms with Gasteiger partial charge in [-0.25, -0.2) is 9.59 Å². The quantitative estimate of drug-likeness (QED) is 0.0825. The van der Waals surface area contributed by atoms with Crippen molar-refractivity contribution in [3.8, 4) is 17.1 Å². The van der Waals surface area contributed by atoms with Crippen LogP contribution in [0.3, 0.4) is 0 Å². The lowest BCUT2D eigenvalue weighted by atomic mass is 9.79. The summed E-state index contributed by atoms with van der Waals surface area (Å²) in [5, 5.41) is 22.8. The molecule has 0 saturated carbocycles. The van der Waals surface area contributed by atoms with E-state index in [1.165, 1.54) is 12.1 Å². The van der Waals surface area contributed by atoms with Gasteiger partial charge in [-0.3, -0.25) is 15.2 Å². The normalized spacial score (nSPS) is 14.8. The zero-order valence-electron chi connectivity index (χ0n) is 25.7. The summed E-state index contributed by atoms with van der Waals surface area (Å²) in [6.45, 7) is 7.41. The smallest absolute Gasteiger partial charge is 0.337 e. The molecule has 45 heavy (non-hydrogen) atoms. The monoisotopic (exact) mass is 636 g/mol. The Balaban J connectivity index is 1.33. The summed E-state index contributed by atoms with van der Waals surface area (Å²) in [6, 6.07) is 15.4. The van der Waals surface area contributed by atoms with Gasteiger partial charge in [-0.05, 0) is 59.4 Å². The largest absolute Gasteiger partial charge is 0.477 e. The molecule has 0 spiro atoms. The van der Waals surface area contributed by atoms with Crippen molar-refractivity contribution >= 4 is 29.2 Å². The van der Waals surface area contributed by atoms with Crippen LogP contribution in [-0.4, -0.2) is 46.4 Å². The Morgan fingerprint density at radius 1 is 0.956 bits per heavy atom. The van der Waals surface area contributed by atoms with Gasteiger partial charge >= 0.3 is 11.9 Å². The Hall–Kier alpha value is -4.64. The van der Waals surface area contributed by atoms with Crippen molar-refractivity contribution in [2.45, 2.75) is 65.4 Å². The fraction of sp³-hybridized carbons (Fsp3) is 0.364. The summed E-state index contributed by atoms with van der Waals surface area (Å²) in [5.74, 6) is -1.86. The van der Waals surface area contributed by atoms with Crippen molar-refractivity contribution in [3.63, 3.8) is 0 Å². The number of benzene rings is 2. The molecule has 1 atom stereocenters. The van der Waals surface area contributed by atoms with Gasteiger partial charge < -0.3 is 19.5 Å². The molecule has 2 aromatic carbocycles. The Kier molecular flexibility index (Phi) is 11.4. The summed E-state index contributed by atoms with van der Waals surface area (Å²) < 4.78 is 16.9. The molecule has 238 valence electrons. The van der Waals surface area contributed by atoms with Gasteiger partial charge in [0.2, 0.25) is 5.88 Å². The average Bonchev–Trinajstić information content (AvgIpc) is 3.46. The Morgan fingerprint density at radius 3 is 2.29 bits per heavy atom. The number of aromatic nitrogens is 2. The third kappa shape index (κ3) is 8.30. The van der Waals surface area contributed by atoms with Gasteiger partial charge in [0.15, 0.2) is 0 Å². The molecule has 1 aliphatic rings. The Bertz CT molecular complexity index is 1610. The van der Waals surface area contributed by atoms with Crippen LogP contribution in [0.5, 0.6) is 5.88 Å². The van der Waals surface area contributed by atoms with Crippen LogP contribution in [0, 0.1) is 10.1 Å². The number of hydrogen-bond acceptors (Lipinski definition) is 9. The van der Waals surface area contributed by atoms with Gasteiger partial charge in [-0.15, -0.1) is 5.10 Å². The van der Waals surface area contributed by atoms with Crippen LogP contribution >= 0.6 is 11.6 Å². The van der Waals surface area contributed by atoms with Crippen molar-refractivity contribution in [2.24, 2.45) is 0 Å². The van der Waals surface area contributed by atoms with Gasteiger partial charge in [0.25, 0.3) is 5.69 Å². The summed E-state index contributed by atoms with van der Waals surface area (Å²) in [6.07, 6.45) is 2.59. The second-order valence-electron chi connectivity index (χ2n) is 10.9. The van der Waals surface area contributed by atoms with Crippen molar-refractivity contribution in [3.05, 3.63) is 97.8 Å². The van der Waals surface area contributed by atoms with Gasteiger partial charge in [-0.1, -0.05) is 48.0 Å². The molecule has 0 aliphatic carbocycles. The predicted octanol–water partition coefficient (Wildman–Crippen LogP) is 7.01. The predicted molar refractivity (Wildman–Crippen MR) is 170 cm³/mol. The highest BCUT2D eigenvalue weighted by Crippen LogP contribution is 2.42. The molecule has 1 unspecified atom stereocenters. The van der Waals surface area contributed by atoms with Crippen molar-refractivity contribution in [1.29, 1.82) is 0 Å². The molecule has 0 bridgehead atoms. The van der Waals surface area contributed by atoms with E-state index in [4.69, 9.17) is 25.8 Å². The molecule has 0 radical (unpaired) electrons. The van der Waals surface area contributed by atoms with Gasteiger partial charge in [-0.2, -0.15) is 0 Å². The summed E-state index contributed by atoms with van der Waals surface area (Å²) in [7, 11) is 0. The number of carbonyl (C=O) groups is 2. The Labute approximate surface area is 266 Å². The number of carbonyl (C=O) groups excluding carboxylic acids is 2. The van der Waals surface area contributed by atoms with E-state index in [0.717, 1.165) is 30.5 Å². The number of nitro benzene ring substituents is 1. The third-order valence-electron chi connectivity index (χ3n) is 7.23. The van der Waals surface area contributed by atoms with E-state index in [0.29, 0.717) is 35.3 Å². The fourth-order valence-electron chi connectivity index (χ4n) is 5.19. The number of nitrogens with one attached hydrogen (secondary N) is 2. The van der Waals surface area contributed by atoms with Crippen LogP contribution in [0.4, 0.5) is 5.69 Å². The molecular formula is C33H37ClN4O7. The lowest BCUT2D eigenvalue weighted by Crippen LogP contribution is -2.33. The Morgan fingerprint density at radius 2 is 1.60 bits per heavy atom. The van der Waals surface area contributed by atoms with Crippen LogP contribution in [0.2, 0.25) is 5.02 Å². The number of aromatic amines is 1. The van der Waals surface area contributed by atoms with Gasteiger partial charge in [0, 0.05) is 39.7 Å². The first-order valence-electron chi connectivity index (χ1n) is 14.8. The summed E-state index contributed by atoms with van der Waals surface area (Å²) in [5.41, 5.74) is 2.79. The number of nitro groups is 1. The highest BCUT2D eigenvalue weighted by atomic mass is 35.5. The first-order valence-corrected chi connectivity index (χ1v) is 15.2. The van der Waals surface area contributed by atoms with Crippen LogP contribution in [-0.2, 0) is 19.1 Å². The number of halogens is 1. The van der Waals surface area contributed by atoms with E-state index in [-0.39, 0.29) is 29.0 Å². The number of esters is 2. The van der Waals surface area contributed by atoms with E-state index >= 15 is 0 Å². The molecule has 0 amide bonds. The number of dihydropyridines is 1. The second kappa shape index (κ2) is 15.4. The molecule has 11 nitrogen and oxygen atoms in total. The standard InChI is InChI=1S/C33H37ClN4O7/c1-20(2)45-33(40)30-22(4)35-21(3)29(31(30)24-14-8-10-16-27(24)38(41)42)32(39)44-18-12-6-5-11-17-43-28-19-26(36-37-28)23-13-7-9-15-25(23)34/h7-10,13-16,19-20,31,35H,5-6,11-12,17-18H2,1-4H3,(H,36,37). The van der Waals surface area contributed by atoms with Crippen molar-refractivity contribution in [2.75, 3.05) is 13.2 Å². The SMILES string of the molecule is CC1=C(C(=O)OCCCCCCOc2cc(-c3ccccc3Cl)[nH]n2)C(c2ccccc2[N+](=O)[O-])C(C(=O)OC(C)C)=C(C)N1. The minimum Gasteiger partial charge on any atom is -0.477 e. The first-order chi connectivity index (χ1) is 21.6. The van der Waals surface area contributed by atoms with Gasteiger partial charge in [0.1, 0.15) is 0 Å². The number of para-hydroxylation sites is 1. The molecular weight excluding hydrogens is 600 g/mol. The van der Waals surface area contributed by atoms with Crippen LogP contribution in [0.15, 0.2) is 77.1 Å². The van der Waals surface area contributed by atoms with Gasteiger partial charge in [0.05, 0.1) is 47.0 Å². The molecule has 4 rings (SSSR count). The third-order valence-corrected chi connectivity index (χ3v) is 7.56. The maximum Gasteiger partial charge on any atom is 0.337 e. The number of H-pyrrole nitrogens is 1. The summed E-state index contributed by atoms with van der Waals surface area (Å²) >= 11 is 6.25. The topological polar surface area (TPSA) is 146 Å². The molecule has 0 saturated heterocycles. The number of rotatable bonds is 14. The van der Waals surface area contributed by atoms with E-state index in [2.05, 4.69) is 15.5 Å². The highest BCUT2D eigenvalue weighted by Gasteiger charge is 2.41. The van der Waals surface area contributed by atoms with E-state index in [1.807, 2.05) is 24.3 Å². The minimum atomic E-state index is -1.04. The summed E-state index contributed by atoms with van der Waals surface area (Å²) in [4.78, 5) is 38.1. The zero-order chi connectivity index (χ0) is 32.5. The highest BCUT2D eigenvalue weighted by molar-refractivity contribution is 6.33. The number of ether oxygens (including phenoxy) is 3. The van der Waals surface area contributed by atoms with Crippen molar-refractivity contribution in [1.82, 2.24) is 15.5 Å². The van der Waals surface area contributed by atoms with Crippen molar-refractivity contribution < 1.29 is 28.7 Å². The van der Waals surface area contributed by atoms with E-state index in [9.17, 15) is 19.7 Å². The molecule has 3 aromatic rings.